The van der Waals surface area contributed by atoms with Crippen LogP contribution in [0.1, 0.15) is 92.4 Å². The first-order valence-corrected chi connectivity index (χ1v) is 17.2. The summed E-state index contributed by atoms with van der Waals surface area (Å²) in [5.41, 5.74) is 0.208. The zero-order chi connectivity index (χ0) is 32.4. The van der Waals surface area contributed by atoms with Crippen LogP contribution in [0.3, 0.4) is 0 Å². The highest BCUT2D eigenvalue weighted by atomic mass is 35.5. The van der Waals surface area contributed by atoms with Crippen molar-refractivity contribution in [3.8, 4) is 0 Å². The van der Waals surface area contributed by atoms with Crippen molar-refractivity contribution >= 4 is 29.8 Å². The summed E-state index contributed by atoms with van der Waals surface area (Å²) in [6, 6.07) is 9.91. The molecule has 3 amide bonds. The minimum absolute atomic E-state index is 0.208. The number of hydrogen-bond acceptors (Lipinski definition) is 5. The number of rotatable bonds is 5. The van der Waals surface area contributed by atoms with E-state index in [0.717, 1.165) is 69.5 Å². The number of likely N-dealkylation sites (tertiary alicyclic amines) is 2. The highest BCUT2D eigenvalue weighted by Gasteiger charge is 2.36. The van der Waals surface area contributed by atoms with Crippen LogP contribution in [0, 0.1) is 11.8 Å². The van der Waals surface area contributed by atoms with E-state index in [1.165, 1.54) is 38.5 Å². The Morgan fingerprint density at radius 1 is 0.955 bits per heavy atom. The number of nitrogens with one attached hydrogen (secondary N) is 1. The SMILES string of the molecule is CC(C)(C)N1CCC(C(=O)N2CCCC2)C1.CCCC(=O)NC1CCC(C)CC1.Clc1ccccc1.O=CN1CCOCC1. The van der Waals surface area contributed by atoms with Crippen LogP contribution < -0.4 is 5.32 Å². The van der Waals surface area contributed by atoms with Gasteiger partial charge in [0.25, 0.3) is 0 Å². The van der Waals surface area contributed by atoms with Gasteiger partial charge in [-0.25, -0.2) is 0 Å². The number of halogens is 1. The predicted molar refractivity (Wildman–Crippen MR) is 180 cm³/mol. The first kappa shape index (κ1) is 38.0. The lowest BCUT2D eigenvalue weighted by atomic mass is 9.87. The Morgan fingerprint density at radius 3 is 2.02 bits per heavy atom. The molecule has 1 unspecified atom stereocenters. The summed E-state index contributed by atoms with van der Waals surface area (Å²) in [4.78, 5) is 39.7. The maximum absolute atomic E-state index is 12.2. The Labute approximate surface area is 272 Å². The Kier molecular flexibility index (Phi) is 18.0. The molecule has 0 spiro atoms. The van der Waals surface area contributed by atoms with E-state index >= 15 is 0 Å². The van der Waals surface area contributed by atoms with Crippen LogP contribution in [0.15, 0.2) is 30.3 Å². The quantitative estimate of drug-likeness (QED) is 0.400. The third-order valence-corrected chi connectivity index (χ3v) is 8.94. The molecular weight excluding hydrogens is 576 g/mol. The number of benzene rings is 1. The fourth-order valence-electron chi connectivity index (χ4n) is 5.80. The van der Waals surface area contributed by atoms with Crippen LogP contribution >= 0.6 is 11.6 Å². The van der Waals surface area contributed by atoms with Gasteiger partial charge in [0.15, 0.2) is 0 Å². The van der Waals surface area contributed by atoms with Crippen molar-refractivity contribution in [2.75, 3.05) is 52.5 Å². The molecule has 250 valence electrons. The van der Waals surface area contributed by atoms with Gasteiger partial charge in [0, 0.05) is 55.7 Å². The summed E-state index contributed by atoms with van der Waals surface area (Å²) in [7, 11) is 0. The highest BCUT2D eigenvalue weighted by Crippen LogP contribution is 2.27. The third kappa shape index (κ3) is 15.2. The lowest BCUT2D eigenvalue weighted by molar-refractivity contribution is -0.134. The largest absolute Gasteiger partial charge is 0.378 e. The summed E-state index contributed by atoms with van der Waals surface area (Å²) in [6.07, 6.45) is 10.8. The number of amides is 3. The molecule has 3 aliphatic heterocycles. The average Bonchev–Trinajstić information content (AvgIpc) is 3.74. The Morgan fingerprint density at radius 2 is 1.57 bits per heavy atom. The smallest absolute Gasteiger partial charge is 0.227 e. The molecular formula is C35H59ClN4O4. The maximum atomic E-state index is 12.2. The number of ether oxygens (including phenoxy) is 1. The maximum Gasteiger partial charge on any atom is 0.227 e. The molecule has 0 aromatic heterocycles. The summed E-state index contributed by atoms with van der Waals surface area (Å²) in [6.45, 7) is 17.9. The second-order valence-electron chi connectivity index (χ2n) is 13.5. The normalized spacial score (nSPS) is 23.6. The lowest BCUT2D eigenvalue weighted by Gasteiger charge is -2.31. The molecule has 1 aromatic carbocycles. The molecule has 1 aliphatic carbocycles. The minimum atomic E-state index is 0.208. The molecule has 1 N–H and O–H groups in total. The summed E-state index contributed by atoms with van der Waals surface area (Å²) >= 11 is 5.54. The molecule has 8 nitrogen and oxygen atoms in total. The van der Waals surface area contributed by atoms with Crippen LogP contribution in [0.25, 0.3) is 0 Å². The van der Waals surface area contributed by atoms with Gasteiger partial charge in [-0.3, -0.25) is 19.3 Å². The van der Waals surface area contributed by atoms with Crippen molar-refractivity contribution < 1.29 is 19.1 Å². The number of morpholine rings is 1. The minimum Gasteiger partial charge on any atom is -0.378 e. The Hall–Kier alpha value is -2.16. The zero-order valence-electron chi connectivity index (χ0n) is 28.1. The molecule has 9 heteroatoms. The van der Waals surface area contributed by atoms with E-state index in [1.807, 2.05) is 37.3 Å². The molecule has 3 heterocycles. The van der Waals surface area contributed by atoms with E-state index < -0.39 is 0 Å². The number of carbonyl (C=O) groups excluding carboxylic acids is 3. The van der Waals surface area contributed by atoms with Crippen LogP contribution in [-0.4, -0.2) is 97.0 Å². The van der Waals surface area contributed by atoms with Crippen molar-refractivity contribution in [1.82, 2.24) is 20.0 Å². The van der Waals surface area contributed by atoms with Crippen molar-refractivity contribution in [2.24, 2.45) is 11.8 Å². The molecule has 5 rings (SSSR count). The van der Waals surface area contributed by atoms with Gasteiger partial charge >= 0.3 is 0 Å². The molecule has 1 atom stereocenters. The molecule has 0 bridgehead atoms. The fraction of sp³-hybridized carbons (Fsp3) is 0.743. The average molecular weight is 635 g/mol. The van der Waals surface area contributed by atoms with Crippen LogP contribution in [-0.2, 0) is 19.1 Å². The Bertz CT molecular complexity index is 938. The second kappa shape index (κ2) is 20.8. The van der Waals surface area contributed by atoms with Crippen molar-refractivity contribution in [3.05, 3.63) is 35.4 Å². The van der Waals surface area contributed by atoms with Crippen molar-refractivity contribution in [1.29, 1.82) is 0 Å². The van der Waals surface area contributed by atoms with Gasteiger partial charge in [-0.1, -0.05) is 43.6 Å². The van der Waals surface area contributed by atoms with E-state index in [-0.39, 0.29) is 17.4 Å². The van der Waals surface area contributed by atoms with Gasteiger partial charge < -0.3 is 19.9 Å². The second-order valence-corrected chi connectivity index (χ2v) is 13.9. The van der Waals surface area contributed by atoms with Gasteiger partial charge in [0.2, 0.25) is 18.2 Å². The van der Waals surface area contributed by atoms with Crippen LogP contribution in [0.2, 0.25) is 5.02 Å². The first-order chi connectivity index (χ1) is 21.0. The molecule has 1 aromatic rings. The van der Waals surface area contributed by atoms with E-state index in [4.69, 9.17) is 16.3 Å². The van der Waals surface area contributed by atoms with Gasteiger partial charge in [-0.15, -0.1) is 0 Å². The molecule has 4 aliphatic rings. The molecule has 4 fully saturated rings. The Balaban J connectivity index is 0.000000216. The van der Waals surface area contributed by atoms with Crippen LogP contribution in [0.4, 0.5) is 0 Å². The van der Waals surface area contributed by atoms with E-state index in [2.05, 4.69) is 42.8 Å². The fourth-order valence-corrected chi connectivity index (χ4v) is 5.94. The number of nitrogens with zero attached hydrogens (tertiary/aromatic N) is 3. The van der Waals surface area contributed by atoms with Gasteiger partial charge in [0.05, 0.1) is 19.1 Å². The standard InChI is InChI=1S/C13H24N2O.C11H21NO.C6H5Cl.C5H9NO2/c1-13(2,3)15-9-6-11(10-15)12(16)14-7-4-5-8-14;1-3-4-11(13)12-10-7-5-9(2)6-8-10;7-6-4-2-1-3-5-6;7-5-6-1-3-8-4-2-6/h11H,4-10H2,1-3H3;9-10H,3-8H2,1-2H3,(H,12,13);1-5H;5H,1-4H2. The number of hydrogen-bond donors (Lipinski definition) is 1. The van der Waals surface area contributed by atoms with E-state index in [1.54, 1.807) is 4.90 Å². The zero-order valence-corrected chi connectivity index (χ0v) is 28.8. The summed E-state index contributed by atoms with van der Waals surface area (Å²) in [5.74, 6) is 1.77. The topological polar surface area (TPSA) is 82.2 Å². The molecule has 0 radical (unpaired) electrons. The lowest BCUT2D eigenvalue weighted by Crippen LogP contribution is -2.41. The number of carbonyl (C=O) groups is 3. The van der Waals surface area contributed by atoms with E-state index in [9.17, 15) is 14.4 Å². The van der Waals surface area contributed by atoms with Gasteiger partial charge in [0.1, 0.15) is 0 Å². The molecule has 44 heavy (non-hydrogen) atoms. The molecule has 1 saturated carbocycles. The predicted octanol–water partition coefficient (Wildman–Crippen LogP) is 6.03. The van der Waals surface area contributed by atoms with Crippen molar-refractivity contribution in [3.63, 3.8) is 0 Å². The van der Waals surface area contributed by atoms with E-state index in [0.29, 0.717) is 31.6 Å². The monoisotopic (exact) mass is 634 g/mol. The highest BCUT2D eigenvalue weighted by molar-refractivity contribution is 6.30. The van der Waals surface area contributed by atoms with Gasteiger partial charge in [-0.05, 0) is 96.7 Å². The summed E-state index contributed by atoms with van der Waals surface area (Å²) in [5, 5.41) is 3.90. The van der Waals surface area contributed by atoms with Crippen LogP contribution in [0.5, 0.6) is 0 Å². The summed E-state index contributed by atoms with van der Waals surface area (Å²) < 4.78 is 5.00. The third-order valence-electron chi connectivity index (χ3n) is 8.69. The van der Waals surface area contributed by atoms with Gasteiger partial charge in [-0.2, -0.15) is 0 Å². The van der Waals surface area contributed by atoms with Crippen molar-refractivity contribution in [2.45, 2.75) is 104 Å². The first-order valence-electron chi connectivity index (χ1n) is 16.8. The molecule has 3 saturated heterocycles.